The Bertz CT molecular complexity index is 709. The monoisotopic (exact) mass is 295 g/mol. The zero-order valence-electron chi connectivity index (χ0n) is 10.7. The minimum atomic E-state index is -3.41. The Balaban J connectivity index is 1.77. The number of sulfonamides is 1. The van der Waals surface area contributed by atoms with Crippen LogP contribution in [-0.2, 0) is 28.9 Å². The SMILES string of the molecule is O=S(=O)(Cc1ccc(F)cc1)N1CCn2ccnc2C1. The molecule has 1 aromatic carbocycles. The third-order valence-electron chi connectivity index (χ3n) is 3.37. The van der Waals surface area contributed by atoms with Gasteiger partial charge in [-0.15, -0.1) is 0 Å². The topological polar surface area (TPSA) is 55.2 Å². The van der Waals surface area contributed by atoms with Gasteiger partial charge in [0.1, 0.15) is 11.6 Å². The lowest BCUT2D eigenvalue weighted by atomic mass is 10.2. The molecule has 0 saturated heterocycles. The maximum atomic E-state index is 12.8. The average molecular weight is 295 g/mol. The molecule has 3 rings (SSSR count). The first-order valence-electron chi connectivity index (χ1n) is 6.27. The van der Waals surface area contributed by atoms with Crippen LogP contribution >= 0.6 is 0 Å². The summed E-state index contributed by atoms with van der Waals surface area (Å²) in [4.78, 5) is 4.15. The number of hydrogen-bond acceptors (Lipinski definition) is 3. The van der Waals surface area contributed by atoms with Gasteiger partial charge in [0, 0.05) is 25.5 Å². The Morgan fingerprint density at radius 1 is 1.20 bits per heavy atom. The van der Waals surface area contributed by atoms with Gasteiger partial charge in [-0.2, -0.15) is 4.31 Å². The summed E-state index contributed by atoms with van der Waals surface area (Å²) in [5, 5.41) is 0. The largest absolute Gasteiger partial charge is 0.333 e. The summed E-state index contributed by atoms with van der Waals surface area (Å²) in [6, 6.07) is 5.54. The van der Waals surface area contributed by atoms with Crippen molar-refractivity contribution in [3.05, 3.63) is 53.9 Å². The number of aromatic nitrogens is 2. The second-order valence-corrected chi connectivity index (χ2v) is 6.72. The summed E-state index contributed by atoms with van der Waals surface area (Å²) < 4.78 is 40.9. The van der Waals surface area contributed by atoms with Crippen LogP contribution in [-0.4, -0.2) is 28.8 Å². The van der Waals surface area contributed by atoms with E-state index in [1.54, 1.807) is 6.20 Å². The first-order valence-corrected chi connectivity index (χ1v) is 7.88. The minimum absolute atomic E-state index is 0.117. The lowest BCUT2D eigenvalue weighted by Crippen LogP contribution is -2.38. The van der Waals surface area contributed by atoms with E-state index in [-0.39, 0.29) is 18.1 Å². The molecule has 106 valence electrons. The van der Waals surface area contributed by atoms with Crippen LogP contribution in [0.25, 0.3) is 0 Å². The molecule has 0 aliphatic carbocycles. The number of halogens is 1. The predicted octanol–water partition coefficient (Wildman–Crippen LogP) is 1.37. The van der Waals surface area contributed by atoms with E-state index in [4.69, 9.17) is 0 Å². The van der Waals surface area contributed by atoms with Crippen LogP contribution in [0.15, 0.2) is 36.7 Å². The smallest absolute Gasteiger partial charge is 0.218 e. The van der Waals surface area contributed by atoms with Gasteiger partial charge in [0.05, 0.1) is 12.3 Å². The zero-order chi connectivity index (χ0) is 14.2. The van der Waals surface area contributed by atoms with Gasteiger partial charge < -0.3 is 4.57 Å². The van der Waals surface area contributed by atoms with Gasteiger partial charge in [-0.3, -0.25) is 0 Å². The van der Waals surface area contributed by atoms with E-state index in [1.165, 1.54) is 28.6 Å². The molecule has 0 radical (unpaired) electrons. The van der Waals surface area contributed by atoms with Gasteiger partial charge in [0.15, 0.2) is 0 Å². The Morgan fingerprint density at radius 2 is 1.95 bits per heavy atom. The molecule has 1 aliphatic heterocycles. The molecule has 1 aromatic heterocycles. The van der Waals surface area contributed by atoms with Gasteiger partial charge in [-0.05, 0) is 17.7 Å². The molecule has 0 amide bonds. The van der Waals surface area contributed by atoms with E-state index in [1.807, 2.05) is 10.8 Å². The highest BCUT2D eigenvalue weighted by molar-refractivity contribution is 7.88. The predicted molar refractivity (Wildman–Crippen MR) is 71.7 cm³/mol. The van der Waals surface area contributed by atoms with Crippen LogP contribution in [0.2, 0.25) is 0 Å². The second kappa shape index (κ2) is 4.99. The fourth-order valence-electron chi connectivity index (χ4n) is 2.27. The number of imidazole rings is 1. The summed E-state index contributed by atoms with van der Waals surface area (Å²) >= 11 is 0. The van der Waals surface area contributed by atoms with Crippen molar-refractivity contribution in [2.45, 2.75) is 18.8 Å². The molecule has 0 atom stereocenters. The third-order valence-corrected chi connectivity index (χ3v) is 5.16. The lowest BCUT2D eigenvalue weighted by molar-refractivity contribution is 0.335. The number of hydrogen-bond donors (Lipinski definition) is 0. The lowest BCUT2D eigenvalue weighted by Gasteiger charge is -2.26. The van der Waals surface area contributed by atoms with Gasteiger partial charge in [-0.1, -0.05) is 12.1 Å². The van der Waals surface area contributed by atoms with Crippen LogP contribution in [0.5, 0.6) is 0 Å². The van der Waals surface area contributed by atoms with E-state index in [9.17, 15) is 12.8 Å². The van der Waals surface area contributed by atoms with E-state index in [0.29, 0.717) is 18.7 Å². The number of benzene rings is 1. The first kappa shape index (κ1) is 13.3. The molecule has 0 spiro atoms. The standard InChI is InChI=1S/C13H14FN3O2S/c14-12-3-1-11(2-4-12)10-20(18,19)17-8-7-16-6-5-15-13(16)9-17/h1-6H,7-10H2. The molecular weight excluding hydrogens is 281 g/mol. The van der Waals surface area contributed by atoms with Crippen molar-refractivity contribution in [3.8, 4) is 0 Å². The molecule has 1 aliphatic rings. The van der Waals surface area contributed by atoms with E-state index in [0.717, 1.165) is 5.82 Å². The molecule has 2 heterocycles. The fourth-order valence-corrected chi connectivity index (χ4v) is 3.74. The molecule has 0 saturated carbocycles. The number of rotatable bonds is 3. The zero-order valence-corrected chi connectivity index (χ0v) is 11.6. The molecule has 7 heteroatoms. The van der Waals surface area contributed by atoms with Gasteiger partial charge in [-0.25, -0.2) is 17.8 Å². The summed E-state index contributed by atoms with van der Waals surface area (Å²) in [6.45, 7) is 1.33. The highest BCUT2D eigenvalue weighted by Crippen LogP contribution is 2.18. The highest BCUT2D eigenvalue weighted by Gasteiger charge is 2.27. The van der Waals surface area contributed by atoms with E-state index in [2.05, 4.69) is 4.98 Å². The van der Waals surface area contributed by atoms with Crippen molar-refractivity contribution in [2.24, 2.45) is 0 Å². The summed E-state index contributed by atoms with van der Waals surface area (Å²) in [7, 11) is -3.41. The molecule has 20 heavy (non-hydrogen) atoms. The van der Waals surface area contributed by atoms with Crippen molar-refractivity contribution >= 4 is 10.0 Å². The summed E-state index contributed by atoms with van der Waals surface area (Å²) in [5.74, 6) is 0.263. The van der Waals surface area contributed by atoms with Crippen molar-refractivity contribution < 1.29 is 12.8 Å². The van der Waals surface area contributed by atoms with Gasteiger partial charge in [0.2, 0.25) is 10.0 Å². The van der Waals surface area contributed by atoms with Gasteiger partial charge >= 0.3 is 0 Å². The van der Waals surface area contributed by atoms with Crippen molar-refractivity contribution in [3.63, 3.8) is 0 Å². The molecule has 2 aromatic rings. The maximum Gasteiger partial charge on any atom is 0.218 e. The Labute approximate surface area is 116 Å². The van der Waals surface area contributed by atoms with Crippen molar-refractivity contribution in [2.75, 3.05) is 6.54 Å². The third kappa shape index (κ3) is 2.59. The quantitative estimate of drug-likeness (QED) is 0.859. The Kier molecular flexibility index (Phi) is 3.31. The van der Waals surface area contributed by atoms with Crippen LogP contribution in [0.3, 0.4) is 0 Å². The van der Waals surface area contributed by atoms with Crippen LogP contribution in [0.1, 0.15) is 11.4 Å². The Morgan fingerprint density at radius 3 is 2.70 bits per heavy atom. The summed E-state index contributed by atoms with van der Waals surface area (Å²) in [6.07, 6.45) is 3.52. The average Bonchev–Trinajstić information content (AvgIpc) is 2.88. The van der Waals surface area contributed by atoms with Crippen LogP contribution < -0.4 is 0 Å². The van der Waals surface area contributed by atoms with E-state index < -0.39 is 10.0 Å². The molecular formula is C13H14FN3O2S. The second-order valence-electron chi connectivity index (χ2n) is 4.75. The van der Waals surface area contributed by atoms with Crippen LogP contribution in [0.4, 0.5) is 4.39 Å². The van der Waals surface area contributed by atoms with Gasteiger partial charge in [0.25, 0.3) is 0 Å². The maximum absolute atomic E-state index is 12.8. The Hall–Kier alpha value is -1.73. The van der Waals surface area contributed by atoms with Crippen molar-refractivity contribution in [1.82, 2.24) is 13.9 Å². The van der Waals surface area contributed by atoms with E-state index >= 15 is 0 Å². The van der Waals surface area contributed by atoms with Crippen LogP contribution in [0, 0.1) is 5.82 Å². The fraction of sp³-hybridized carbons (Fsp3) is 0.308. The molecule has 0 N–H and O–H groups in total. The first-order chi connectivity index (χ1) is 9.54. The normalized spacial score (nSPS) is 16.1. The minimum Gasteiger partial charge on any atom is -0.333 e. The number of nitrogens with zero attached hydrogens (tertiary/aromatic N) is 3. The summed E-state index contributed by atoms with van der Waals surface area (Å²) in [5.41, 5.74) is 0.584. The molecule has 0 unspecified atom stereocenters. The molecule has 0 fully saturated rings. The molecule has 0 bridgehead atoms. The molecule has 5 nitrogen and oxygen atoms in total. The van der Waals surface area contributed by atoms with Crippen molar-refractivity contribution in [1.29, 1.82) is 0 Å². The number of fused-ring (bicyclic) bond motifs is 1. The highest BCUT2D eigenvalue weighted by atomic mass is 32.2.